The standard InChI is InChI=1S/C20H22FN3O2/c21-17-8-10-18(11-9-17)23-20(26)24-12-4-7-16(14-24)19(25)22-13-15-5-2-1-3-6-15/h1-3,5-6,8-11,16H,4,7,12-14H2,(H,22,25)(H,23,26)/t16-/m1/s1. The molecule has 2 aromatic carbocycles. The molecule has 1 aliphatic rings. The molecule has 0 aliphatic carbocycles. The minimum atomic E-state index is -0.351. The lowest BCUT2D eigenvalue weighted by Gasteiger charge is -2.32. The van der Waals surface area contributed by atoms with E-state index in [4.69, 9.17) is 0 Å². The number of benzene rings is 2. The number of halogens is 1. The zero-order valence-corrected chi connectivity index (χ0v) is 14.5. The zero-order chi connectivity index (χ0) is 18.4. The molecule has 0 unspecified atom stereocenters. The number of amides is 3. The normalized spacial score (nSPS) is 16.8. The van der Waals surface area contributed by atoms with Crippen LogP contribution in [0, 0.1) is 11.7 Å². The van der Waals surface area contributed by atoms with Gasteiger partial charge in [0.2, 0.25) is 5.91 Å². The third kappa shape index (κ3) is 4.81. The Morgan fingerprint density at radius 1 is 1.08 bits per heavy atom. The van der Waals surface area contributed by atoms with Gasteiger partial charge in [-0.15, -0.1) is 0 Å². The lowest BCUT2D eigenvalue weighted by molar-refractivity contribution is -0.126. The average molecular weight is 355 g/mol. The Morgan fingerprint density at radius 2 is 1.81 bits per heavy atom. The van der Waals surface area contributed by atoms with Gasteiger partial charge in [0.1, 0.15) is 5.82 Å². The highest BCUT2D eigenvalue weighted by Gasteiger charge is 2.28. The van der Waals surface area contributed by atoms with Gasteiger partial charge in [0.15, 0.2) is 0 Å². The molecule has 2 aromatic rings. The Balaban J connectivity index is 1.52. The highest BCUT2D eigenvalue weighted by molar-refractivity contribution is 5.90. The molecule has 0 spiro atoms. The summed E-state index contributed by atoms with van der Waals surface area (Å²) in [4.78, 5) is 26.5. The number of rotatable bonds is 4. The topological polar surface area (TPSA) is 61.4 Å². The van der Waals surface area contributed by atoms with Crippen molar-refractivity contribution in [3.63, 3.8) is 0 Å². The van der Waals surface area contributed by atoms with Crippen LogP contribution in [0.1, 0.15) is 18.4 Å². The van der Waals surface area contributed by atoms with E-state index in [2.05, 4.69) is 10.6 Å². The second kappa shape index (κ2) is 8.47. The molecule has 26 heavy (non-hydrogen) atoms. The van der Waals surface area contributed by atoms with Crippen LogP contribution >= 0.6 is 0 Å². The van der Waals surface area contributed by atoms with E-state index in [1.54, 1.807) is 4.90 Å². The molecule has 0 bridgehead atoms. The Morgan fingerprint density at radius 3 is 2.54 bits per heavy atom. The summed E-state index contributed by atoms with van der Waals surface area (Å²) >= 11 is 0. The van der Waals surface area contributed by atoms with Gasteiger partial charge in [-0.2, -0.15) is 0 Å². The van der Waals surface area contributed by atoms with Gasteiger partial charge in [0, 0.05) is 25.3 Å². The molecule has 1 fully saturated rings. The van der Waals surface area contributed by atoms with Crippen molar-refractivity contribution in [3.05, 3.63) is 66.0 Å². The van der Waals surface area contributed by atoms with Crippen molar-refractivity contribution in [2.75, 3.05) is 18.4 Å². The fourth-order valence-electron chi connectivity index (χ4n) is 3.04. The Hall–Kier alpha value is -2.89. The smallest absolute Gasteiger partial charge is 0.321 e. The third-order valence-corrected chi connectivity index (χ3v) is 4.48. The summed E-state index contributed by atoms with van der Waals surface area (Å²) in [5, 5.41) is 5.69. The molecule has 6 heteroatoms. The quantitative estimate of drug-likeness (QED) is 0.883. The molecular weight excluding hydrogens is 333 g/mol. The average Bonchev–Trinajstić information content (AvgIpc) is 2.69. The van der Waals surface area contributed by atoms with E-state index in [0.29, 0.717) is 25.3 Å². The number of carbonyl (C=O) groups is 2. The van der Waals surface area contributed by atoms with E-state index in [1.807, 2.05) is 30.3 Å². The van der Waals surface area contributed by atoms with Crippen molar-refractivity contribution >= 4 is 17.6 Å². The van der Waals surface area contributed by atoms with Crippen molar-refractivity contribution in [1.29, 1.82) is 0 Å². The summed E-state index contributed by atoms with van der Waals surface area (Å²) in [5.74, 6) is -0.601. The monoisotopic (exact) mass is 355 g/mol. The molecule has 136 valence electrons. The maximum atomic E-state index is 12.9. The molecule has 5 nitrogen and oxygen atoms in total. The van der Waals surface area contributed by atoms with E-state index in [0.717, 1.165) is 18.4 Å². The predicted molar refractivity (Wildman–Crippen MR) is 98.0 cm³/mol. The summed E-state index contributed by atoms with van der Waals surface area (Å²) in [7, 11) is 0. The molecule has 1 atom stereocenters. The van der Waals surface area contributed by atoms with Crippen molar-refractivity contribution in [2.45, 2.75) is 19.4 Å². The molecule has 0 radical (unpaired) electrons. The molecule has 3 amide bonds. The minimum absolute atomic E-state index is 0.0341. The largest absolute Gasteiger partial charge is 0.352 e. The number of piperidine rings is 1. The van der Waals surface area contributed by atoms with Crippen LogP contribution in [0.2, 0.25) is 0 Å². The van der Waals surface area contributed by atoms with Crippen molar-refractivity contribution in [3.8, 4) is 0 Å². The van der Waals surface area contributed by atoms with Gasteiger partial charge in [-0.05, 0) is 42.7 Å². The fraction of sp³-hybridized carbons (Fsp3) is 0.300. The lowest BCUT2D eigenvalue weighted by atomic mass is 9.97. The van der Waals surface area contributed by atoms with Crippen LogP contribution in [0.5, 0.6) is 0 Å². The Kier molecular flexibility index (Phi) is 5.84. The van der Waals surface area contributed by atoms with Crippen LogP contribution in [0.15, 0.2) is 54.6 Å². The van der Waals surface area contributed by atoms with Gasteiger partial charge < -0.3 is 15.5 Å². The first-order chi connectivity index (χ1) is 12.6. The maximum absolute atomic E-state index is 12.9. The van der Waals surface area contributed by atoms with E-state index in [-0.39, 0.29) is 23.7 Å². The maximum Gasteiger partial charge on any atom is 0.321 e. The van der Waals surface area contributed by atoms with Crippen LogP contribution in [0.25, 0.3) is 0 Å². The zero-order valence-electron chi connectivity index (χ0n) is 14.5. The molecule has 1 aliphatic heterocycles. The van der Waals surface area contributed by atoms with Crippen molar-refractivity contribution in [2.24, 2.45) is 5.92 Å². The van der Waals surface area contributed by atoms with Gasteiger partial charge in [-0.1, -0.05) is 30.3 Å². The second-order valence-electron chi connectivity index (χ2n) is 6.43. The second-order valence-corrected chi connectivity index (χ2v) is 6.43. The summed E-state index contributed by atoms with van der Waals surface area (Å²) in [6.45, 7) is 1.47. The van der Waals surface area contributed by atoms with E-state index in [9.17, 15) is 14.0 Å². The molecule has 0 saturated carbocycles. The first kappa shape index (κ1) is 17.9. The summed E-state index contributed by atoms with van der Waals surface area (Å²) < 4.78 is 12.9. The van der Waals surface area contributed by atoms with Gasteiger partial charge in [0.05, 0.1) is 5.92 Å². The summed E-state index contributed by atoms with van der Waals surface area (Å²) in [6, 6.07) is 15.1. The van der Waals surface area contributed by atoms with Gasteiger partial charge in [-0.25, -0.2) is 9.18 Å². The highest BCUT2D eigenvalue weighted by atomic mass is 19.1. The predicted octanol–water partition coefficient (Wildman–Crippen LogP) is 3.39. The number of nitrogens with zero attached hydrogens (tertiary/aromatic N) is 1. The van der Waals surface area contributed by atoms with E-state index < -0.39 is 0 Å². The molecule has 1 saturated heterocycles. The van der Waals surface area contributed by atoms with Crippen LogP contribution < -0.4 is 10.6 Å². The highest BCUT2D eigenvalue weighted by Crippen LogP contribution is 2.18. The van der Waals surface area contributed by atoms with Crippen LogP contribution in [-0.4, -0.2) is 29.9 Å². The van der Waals surface area contributed by atoms with Gasteiger partial charge in [-0.3, -0.25) is 4.79 Å². The number of likely N-dealkylation sites (tertiary alicyclic amines) is 1. The lowest BCUT2D eigenvalue weighted by Crippen LogP contribution is -2.46. The summed E-state index contributed by atoms with van der Waals surface area (Å²) in [5.41, 5.74) is 1.58. The molecule has 0 aromatic heterocycles. The minimum Gasteiger partial charge on any atom is -0.352 e. The number of urea groups is 1. The Labute approximate surface area is 152 Å². The van der Waals surface area contributed by atoms with E-state index in [1.165, 1.54) is 24.3 Å². The van der Waals surface area contributed by atoms with Crippen molar-refractivity contribution < 1.29 is 14.0 Å². The van der Waals surface area contributed by atoms with Crippen LogP contribution in [-0.2, 0) is 11.3 Å². The first-order valence-corrected chi connectivity index (χ1v) is 8.75. The van der Waals surface area contributed by atoms with Crippen LogP contribution in [0.4, 0.5) is 14.9 Å². The van der Waals surface area contributed by atoms with Gasteiger partial charge in [0.25, 0.3) is 0 Å². The molecule has 3 rings (SSSR count). The first-order valence-electron chi connectivity index (χ1n) is 8.75. The van der Waals surface area contributed by atoms with Crippen molar-refractivity contribution in [1.82, 2.24) is 10.2 Å². The fourth-order valence-corrected chi connectivity index (χ4v) is 3.04. The third-order valence-electron chi connectivity index (χ3n) is 4.48. The Bertz CT molecular complexity index is 749. The number of carbonyl (C=O) groups excluding carboxylic acids is 2. The van der Waals surface area contributed by atoms with E-state index >= 15 is 0 Å². The van der Waals surface area contributed by atoms with Crippen LogP contribution in [0.3, 0.4) is 0 Å². The number of hydrogen-bond acceptors (Lipinski definition) is 2. The molecule has 1 heterocycles. The summed E-state index contributed by atoms with van der Waals surface area (Å²) in [6.07, 6.45) is 1.54. The number of anilines is 1. The number of nitrogens with one attached hydrogen (secondary N) is 2. The van der Waals surface area contributed by atoms with Gasteiger partial charge >= 0.3 is 6.03 Å². The number of hydrogen-bond donors (Lipinski definition) is 2. The molecule has 2 N–H and O–H groups in total. The molecular formula is C20H22FN3O2. The SMILES string of the molecule is O=C(NCc1ccccc1)[C@@H]1CCCN(C(=O)Nc2ccc(F)cc2)C1.